The van der Waals surface area contributed by atoms with Crippen molar-refractivity contribution >= 4 is 23.4 Å². The lowest BCUT2D eigenvalue weighted by Gasteiger charge is -2.48. The molecule has 0 spiro atoms. The Morgan fingerprint density at radius 2 is 1.94 bits per heavy atom. The zero-order valence-electron chi connectivity index (χ0n) is 18.2. The summed E-state index contributed by atoms with van der Waals surface area (Å²) >= 11 is 0. The van der Waals surface area contributed by atoms with Crippen LogP contribution in [0.1, 0.15) is 54.1 Å². The number of nitrogens with one attached hydrogen (secondary N) is 1. The van der Waals surface area contributed by atoms with Gasteiger partial charge in [0.25, 0.3) is 5.91 Å². The molecule has 6 heteroatoms. The highest BCUT2D eigenvalue weighted by molar-refractivity contribution is 6.10. The van der Waals surface area contributed by atoms with Gasteiger partial charge in [0.05, 0.1) is 11.3 Å². The van der Waals surface area contributed by atoms with Gasteiger partial charge in [0.2, 0.25) is 11.8 Å². The number of hydrogen-bond acceptors (Lipinski definition) is 3. The lowest BCUT2D eigenvalue weighted by molar-refractivity contribution is -0.121. The first kappa shape index (κ1) is 21.1. The molecule has 0 saturated carbocycles. The number of hydrogen-bond donors (Lipinski definition) is 1. The minimum atomic E-state index is -0.663. The molecule has 2 aromatic carbocycles. The van der Waals surface area contributed by atoms with Gasteiger partial charge in [0.1, 0.15) is 5.66 Å². The van der Waals surface area contributed by atoms with Crippen molar-refractivity contribution in [3.05, 3.63) is 65.2 Å². The number of para-hydroxylation sites is 1. The molecule has 0 aliphatic carbocycles. The molecule has 31 heavy (non-hydrogen) atoms. The monoisotopic (exact) mass is 419 g/mol. The van der Waals surface area contributed by atoms with E-state index in [1.54, 1.807) is 15.9 Å². The highest BCUT2D eigenvalue weighted by Gasteiger charge is 2.52. The fraction of sp³-hybridized carbons (Fsp3) is 0.400. The molecule has 1 saturated heterocycles. The van der Waals surface area contributed by atoms with Crippen LogP contribution in [0.5, 0.6) is 0 Å². The maximum Gasteiger partial charge on any atom is 0.257 e. The third-order valence-corrected chi connectivity index (χ3v) is 6.35. The van der Waals surface area contributed by atoms with Crippen molar-refractivity contribution in [2.75, 3.05) is 18.0 Å². The van der Waals surface area contributed by atoms with E-state index >= 15 is 0 Å². The molecule has 1 unspecified atom stereocenters. The van der Waals surface area contributed by atoms with Gasteiger partial charge >= 0.3 is 0 Å². The highest BCUT2D eigenvalue weighted by Crippen LogP contribution is 2.43. The summed E-state index contributed by atoms with van der Waals surface area (Å²) in [7, 11) is 0. The van der Waals surface area contributed by atoms with Crippen LogP contribution in [0.2, 0.25) is 0 Å². The van der Waals surface area contributed by atoms with Gasteiger partial charge in [-0.1, -0.05) is 42.0 Å². The third kappa shape index (κ3) is 4.07. The summed E-state index contributed by atoms with van der Waals surface area (Å²) in [6.07, 6.45) is 2.73. The molecule has 2 aromatic rings. The van der Waals surface area contributed by atoms with Crippen LogP contribution in [0.3, 0.4) is 0 Å². The molecular weight excluding hydrogens is 390 g/mol. The molecule has 2 aliphatic rings. The van der Waals surface area contributed by atoms with Gasteiger partial charge in [0, 0.05) is 25.9 Å². The van der Waals surface area contributed by atoms with Crippen LogP contribution in [-0.4, -0.2) is 41.4 Å². The number of carbonyl (C=O) groups is 3. The molecule has 2 aliphatic heterocycles. The Balaban J connectivity index is 1.34. The van der Waals surface area contributed by atoms with Crippen molar-refractivity contribution in [3.8, 4) is 0 Å². The molecule has 0 bridgehead atoms. The van der Waals surface area contributed by atoms with Gasteiger partial charge in [-0.3, -0.25) is 19.3 Å². The molecule has 6 nitrogen and oxygen atoms in total. The van der Waals surface area contributed by atoms with Gasteiger partial charge in [-0.05, 0) is 50.8 Å². The normalized spacial score (nSPS) is 19.9. The second-order valence-corrected chi connectivity index (χ2v) is 8.61. The van der Waals surface area contributed by atoms with Crippen LogP contribution >= 0.6 is 0 Å². The molecule has 162 valence electrons. The van der Waals surface area contributed by atoms with Crippen LogP contribution < -0.4 is 10.2 Å². The Morgan fingerprint density at radius 3 is 2.74 bits per heavy atom. The van der Waals surface area contributed by atoms with Crippen molar-refractivity contribution in [1.29, 1.82) is 0 Å². The van der Waals surface area contributed by atoms with E-state index < -0.39 is 5.66 Å². The summed E-state index contributed by atoms with van der Waals surface area (Å²) in [5.74, 6) is -0.0349. The summed E-state index contributed by atoms with van der Waals surface area (Å²) in [4.78, 5) is 41.6. The molecule has 2 heterocycles. The summed E-state index contributed by atoms with van der Waals surface area (Å²) in [6.45, 7) is 5.05. The third-order valence-electron chi connectivity index (χ3n) is 6.35. The number of rotatable bonds is 7. The van der Waals surface area contributed by atoms with E-state index in [0.29, 0.717) is 50.0 Å². The number of benzene rings is 2. The average molecular weight is 420 g/mol. The van der Waals surface area contributed by atoms with E-state index in [2.05, 4.69) is 30.4 Å². The summed E-state index contributed by atoms with van der Waals surface area (Å²) in [5.41, 5.74) is 3.01. The zero-order valence-corrected chi connectivity index (χ0v) is 18.2. The second-order valence-electron chi connectivity index (χ2n) is 8.61. The zero-order chi connectivity index (χ0) is 22.0. The molecule has 1 atom stereocenters. The van der Waals surface area contributed by atoms with Crippen LogP contribution in [0, 0.1) is 6.92 Å². The SMILES string of the molecule is Cc1cccc(CCNC(=O)CCCN2C(=O)c3ccccc3N3C(=O)CCC23C)c1. The molecule has 0 aromatic heterocycles. The number of aryl methyl sites for hydroxylation is 1. The molecule has 1 fully saturated rings. The predicted molar refractivity (Wildman–Crippen MR) is 120 cm³/mol. The van der Waals surface area contributed by atoms with Crippen LogP contribution in [0.25, 0.3) is 0 Å². The Kier molecular flexibility index (Phi) is 5.81. The number of amides is 3. The van der Waals surface area contributed by atoms with Gasteiger partial charge in [-0.15, -0.1) is 0 Å². The molecule has 3 amide bonds. The van der Waals surface area contributed by atoms with Crippen molar-refractivity contribution in [1.82, 2.24) is 10.2 Å². The van der Waals surface area contributed by atoms with E-state index in [-0.39, 0.29) is 17.7 Å². The van der Waals surface area contributed by atoms with Gasteiger partial charge < -0.3 is 10.2 Å². The fourth-order valence-electron chi connectivity index (χ4n) is 4.74. The average Bonchev–Trinajstić information content (AvgIpc) is 3.06. The molecule has 0 radical (unpaired) electrons. The maximum absolute atomic E-state index is 13.2. The second kappa shape index (κ2) is 8.53. The quantitative estimate of drug-likeness (QED) is 0.748. The maximum atomic E-state index is 13.2. The number of nitrogens with zero attached hydrogens (tertiary/aromatic N) is 2. The van der Waals surface area contributed by atoms with Gasteiger partial charge in [0.15, 0.2) is 0 Å². The minimum Gasteiger partial charge on any atom is -0.356 e. The largest absolute Gasteiger partial charge is 0.356 e. The van der Waals surface area contributed by atoms with Crippen LogP contribution in [0.4, 0.5) is 5.69 Å². The van der Waals surface area contributed by atoms with Crippen molar-refractivity contribution in [3.63, 3.8) is 0 Å². The van der Waals surface area contributed by atoms with E-state index in [9.17, 15) is 14.4 Å². The summed E-state index contributed by atoms with van der Waals surface area (Å²) in [6, 6.07) is 15.6. The first-order valence-corrected chi connectivity index (χ1v) is 11.0. The highest BCUT2D eigenvalue weighted by atomic mass is 16.2. The standard InChI is InChI=1S/C25H29N3O3/c1-18-7-5-8-19(17-18)13-15-26-22(29)11-6-16-27-24(31)20-9-3-4-10-21(20)28-23(30)12-14-25(27,28)2/h3-5,7-10,17H,6,11-16H2,1-2H3,(H,26,29). The van der Waals surface area contributed by atoms with E-state index in [4.69, 9.17) is 0 Å². The molecule has 1 N–H and O–H groups in total. The topological polar surface area (TPSA) is 69.7 Å². The fourth-order valence-corrected chi connectivity index (χ4v) is 4.74. The Morgan fingerprint density at radius 1 is 1.13 bits per heavy atom. The summed E-state index contributed by atoms with van der Waals surface area (Å²) < 4.78 is 0. The van der Waals surface area contributed by atoms with Crippen molar-refractivity contribution < 1.29 is 14.4 Å². The number of fused-ring (bicyclic) bond motifs is 3. The number of carbonyl (C=O) groups excluding carboxylic acids is 3. The number of anilines is 1. The smallest absolute Gasteiger partial charge is 0.257 e. The Hall–Kier alpha value is -3.15. The van der Waals surface area contributed by atoms with Crippen LogP contribution in [-0.2, 0) is 16.0 Å². The first-order valence-electron chi connectivity index (χ1n) is 11.0. The van der Waals surface area contributed by atoms with E-state index in [1.165, 1.54) is 11.1 Å². The Bertz CT molecular complexity index is 1020. The molecule has 4 rings (SSSR count). The van der Waals surface area contributed by atoms with E-state index in [1.807, 2.05) is 31.2 Å². The molecular formula is C25H29N3O3. The lowest BCUT2D eigenvalue weighted by atomic mass is 9.98. The van der Waals surface area contributed by atoms with Gasteiger partial charge in [-0.25, -0.2) is 0 Å². The minimum absolute atomic E-state index is 0.0120. The lowest BCUT2D eigenvalue weighted by Crippen LogP contribution is -2.62. The van der Waals surface area contributed by atoms with Gasteiger partial charge in [-0.2, -0.15) is 0 Å². The predicted octanol–water partition coefficient (Wildman–Crippen LogP) is 3.43. The van der Waals surface area contributed by atoms with E-state index in [0.717, 1.165) is 6.42 Å². The summed E-state index contributed by atoms with van der Waals surface area (Å²) in [5, 5.41) is 2.97. The van der Waals surface area contributed by atoms with Crippen molar-refractivity contribution in [2.24, 2.45) is 0 Å². The van der Waals surface area contributed by atoms with Crippen LogP contribution in [0.15, 0.2) is 48.5 Å². The first-order chi connectivity index (χ1) is 14.9. The van der Waals surface area contributed by atoms with Crippen molar-refractivity contribution in [2.45, 2.75) is 51.6 Å². The Labute approximate surface area is 183 Å².